The van der Waals surface area contributed by atoms with Crippen LogP contribution in [0.2, 0.25) is 0 Å². The van der Waals surface area contributed by atoms with Crippen molar-refractivity contribution < 1.29 is 71.5 Å². The lowest BCUT2D eigenvalue weighted by Crippen LogP contribution is -2.30. The van der Waals surface area contributed by atoms with Crippen molar-refractivity contribution in [3.63, 3.8) is 0 Å². The summed E-state index contributed by atoms with van der Waals surface area (Å²) in [4.78, 5) is 95.5. The molecule has 87 heavy (non-hydrogen) atoms. The van der Waals surface area contributed by atoms with Gasteiger partial charge in [-0.05, 0) is 188 Å². The minimum Gasteiger partial charge on any atom is -0.494 e. The lowest BCUT2D eigenvalue weighted by molar-refractivity contribution is -0.145. The number of hydrazone groups is 1. The van der Waals surface area contributed by atoms with E-state index in [9.17, 15) is 33.6 Å². The van der Waals surface area contributed by atoms with Crippen molar-refractivity contribution in [3.05, 3.63) is 122 Å². The SMILES string of the molecule is C=CC(=O)OCCCCCCOc1ccc(OC(=O)[C@H]2CC[C@H](C(=O)Oc3ccc(OC(=O)[C@H]4CC[C@H](C(=O)Oc5ccc(OCCCCCCOC(=O)C=C)cc5)CC4)c(/C=N/N(C(=O)CCCCCCC)c4nc5ccccc5s4)c3)CC2)cc1. The van der Waals surface area contributed by atoms with Crippen LogP contribution in [0.3, 0.4) is 0 Å². The van der Waals surface area contributed by atoms with Crippen LogP contribution in [0, 0.1) is 23.7 Å². The Hall–Kier alpha value is -8.19. The summed E-state index contributed by atoms with van der Waals surface area (Å²) in [5.74, 6) is -2.27. The number of benzene rings is 4. The highest BCUT2D eigenvalue weighted by molar-refractivity contribution is 7.22. The fourth-order valence-electron chi connectivity index (χ4n) is 10.1. The Bertz CT molecular complexity index is 3050. The lowest BCUT2D eigenvalue weighted by Gasteiger charge is -2.26. The monoisotopic (exact) mass is 1210 g/mol. The van der Waals surface area contributed by atoms with Gasteiger partial charge in [-0.1, -0.05) is 69.2 Å². The number of anilines is 1. The average Bonchev–Trinajstić information content (AvgIpc) is 3.07. The van der Waals surface area contributed by atoms with Crippen LogP contribution >= 0.6 is 11.3 Å². The molecule has 0 atom stereocenters. The van der Waals surface area contributed by atoms with E-state index in [0.29, 0.717) is 118 Å². The summed E-state index contributed by atoms with van der Waals surface area (Å²) in [5, 5.41) is 6.36. The van der Waals surface area contributed by atoms with E-state index in [1.807, 2.05) is 24.3 Å². The zero-order valence-electron chi connectivity index (χ0n) is 49.9. The first kappa shape index (κ1) is 66.3. The van der Waals surface area contributed by atoms with Crippen LogP contribution in [0.15, 0.2) is 121 Å². The van der Waals surface area contributed by atoms with Gasteiger partial charge >= 0.3 is 35.8 Å². The second-order valence-corrected chi connectivity index (χ2v) is 22.8. The first-order chi connectivity index (χ1) is 42.4. The van der Waals surface area contributed by atoms with Gasteiger partial charge in [-0.3, -0.25) is 24.0 Å². The Kier molecular flexibility index (Phi) is 27.5. The summed E-state index contributed by atoms with van der Waals surface area (Å²) in [7, 11) is 0. The van der Waals surface area contributed by atoms with Crippen molar-refractivity contribution in [2.24, 2.45) is 28.8 Å². The van der Waals surface area contributed by atoms with Crippen LogP contribution in [0.4, 0.5) is 5.13 Å². The Morgan fingerprint density at radius 3 is 1.43 bits per heavy atom. The summed E-state index contributed by atoms with van der Waals surface area (Å²) in [6.07, 6.45) is 18.8. The van der Waals surface area contributed by atoms with Gasteiger partial charge in [0.1, 0.15) is 34.5 Å². The minimum absolute atomic E-state index is 0.132. The molecule has 2 saturated carbocycles. The predicted molar refractivity (Wildman–Crippen MR) is 331 cm³/mol. The highest BCUT2D eigenvalue weighted by Crippen LogP contribution is 2.36. The van der Waals surface area contributed by atoms with Crippen molar-refractivity contribution in [2.45, 2.75) is 148 Å². The molecule has 0 bridgehead atoms. The van der Waals surface area contributed by atoms with Crippen molar-refractivity contribution >= 4 is 74.6 Å². The third-order valence-corrected chi connectivity index (χ3v) is 16.2. The van der Waals surface area contributed by atoms with Gasteiger partial charge in [0.25, 0.3) is 0 Å². The number of amides is 1. The molecule has 0 unspecified atom stereocenters. The van der Waals surface area contributed by atoms with Gasteiger partial charge in [0, 0.05) is 24.1 Å². The zero-order chi connectivity index (χ0) is 61.6. The molecule has 464 valence electrons. The molecule has 0 saturated heterocycles. The van der Waals surface area contributed by atoms with Gasteiger partial charge in [0.05, 0.1) is 66.5 Å². The number of unbranched alkanes of at least 4 members (excludes halogenated alkanes) is 10. The largest absolute Gasteiger partial charge is 0.494 e. The van der Waals surface area contributed by atoms with E-state index < -0.39 is 47.5 Å². The molecule has 2 fully saturated rings. The zero-order valence-corrected chi connectivity index (χ0v) is 50.7. The molecule has 19 heteroatoms. The number of hydrogen-bond acceptors (Lipinski definition) is 18. The number of carbonyl (C=O) groups is 7. The predicted octanol–water partition coefficient (Wildman–Crippen LogP) is 14.0. The van der Waals surface area contributed by atoms with Gasteiger partial charge in [0.2, 0.25) is 11.0 Å². The van der Waals surface area contributed by atoms with E-state index in [1.165, 1.54) is 28.6 Å². The van der Waals surface area contributed by atoms with Crippen LogP contribution in [0.1, 0.15) is 154 Å². The maximum absolute atomic E-state index is 14.0. The molecular weight excluding hydrogens is 1130 g/mol. The molecule has 0 radical (unpaired) electrons. The summed E-state index contributed by atoms with van der Waals surface area (Å²) in [5.41, 5.74) is 0.987. The molecule has 2 aliphatic carbocycles. The van der Waals surface area contributed by atoms with E-state index in [1.54, 1.807) is 60.7 Å². The van der Waals surface area contributed by atoms with E-state index in [2.05, 4.69) is 20.1 Å². The van der Waals surface area contributed by atoms with E-state index >= 15 is 0 Å². The number of para-hydroxylation sites is 1. The summed E-state index contributed by atoms with van der Waals surface area (Å²) in [6, 6.07) is 26.0. The standard InChI is InChI=1S/C68H81N3O15S/c1-4-7-8-9-14-23-61(72)71(68-70-58-21-15-16-22-60(58)87-68)69-47-52-46-57(85-66(77)50-26-24-48(25-27-50)64(75)83-55-36-32-53(33-37-55)79-42-17-10-12-19-44-81-62(73)5-2)40-41-59(52)86-67(78)51-30-28-49(29-31-51)65(76)84-56-38-34-54(35-39-56)80-43-18-11-13-20-45-82-63(74)6-3/h5-6,15-16,21-22,32-41,46-51H,2-4,7-14,17-20,23-31,42-45H2,1H3/b69-47+/t48-,49-,50-,51-. The molecule has 0 aliphatic heterocycles. The number of aromatic nitrogens is 1. The Morgan fingerprint density at radius 1 is 0.517 bits per heavy atom. The fourth-order valence-corrected chi connectivity index (χ4v) is 11.1. The molecule has 5 aromatic rings. The Labute approximate surface area is 513 Å². The van der Waals surface area contributed by atoms with E-state index in [0.717, 1.165) is 93.9 Å². The van der Waals surface area contributed by atoms with Gasteiger partial charge in [-0.25, -0.2) is 14.6 Å². The van der Waals surface area contributed by atoms with Crippen molar-refractivity contribution in [3.8, 4) is 34.5 Å². The number of hydrogen-bond donors (Lipinski definition) is 0. The van der Waals surface area contributed by atoms with Crippen LogP contribution in [0.5, 0.6) is 34.5 Å². The Morgan fingerprint density at radius 2 is 0.943 bits per heavy atom. The number of carbonyl (C=O) groups excluding carboxylic acids is 7. The van der Waals surface area contributed by atoms with Crippen LogP contribution in [-0.2, 0) is 43.0 Å². The number of esters is 6. The Balaban J connectivity index is 0.934. The maximum Gasteiger partial charge on any atom is 0.330 e. The van der Waals surface area contributed by atoms with E-state index in [-0.39, 0.29) is 41.3 Å². The second kappa shape index (κ2) is 36.1. The summed E-state index contributed by atoms with van der Waals surface area (Å²) in [6.45, 7) is 10.7. The lowest BCUT2D eigenvalue weighted by atomic mass is 9.82. The van der Waals surface area contributed by atoms with Crippen molar-refractivity contribution in [1.82, 2.24) is 4.98 Å². The van der Waals surface area contributed by atoms with Gasteiger partial charge in [-0.2, -0.15) is 10.1 Å². The highest BCUT2D eigenvalue weighted by atomic mass is 32.1. The smallest absolute Gasteiger partial charge is 0.330 e. The molecule has 4 aromatic carbocycles. The maximum atomic E-state index is 14.0. The number of nitrogens with zero attached hydrogens (tertiary/aromatic N) is 3. The van der Waals surface area contributed by atoms with Gasteiger partial charge < -0.3 is 37.9 Å². The fraction of sp³-hybridized carbons (Fsp3) is 0.456. The second-order valence-electron chi connectivity index (χ2n) is 21.8. The molecule has 1 aromatic heterocycles. The van der Waals surface area contributed by atoms with Gasteiger partial charge in [0.15, 0.2) is 0 Å². The third-order valence-electron chi connectivity index (χ3n) is 15.2. The van der Waals surface area contributed by atoms with Crippen LogP contribution in [0.25, 0.3) is 10.2 Å². The molecular formula is C68H81N3O15S. The molecule has 0 spiro atoms. The van der Waals surface area contributed by atoms with Gasteiger partial charge in [-0.15, -0.1) is 0 Å². The molecule has 2 aliphatic rings. The third kappa shape index (κ3) is 22.2. The number of rotatable bonds is 35. The first-order valence-corrected chi connectivity index (χ1v) is 31.5. The number of thiazole rings is 1. The number of fused-ring (bicyclic) bond motifs is 1. The average molecular weight is 1210 g/mol. The summed E-state index contributed by atoms with van der Waals surface area (Å²) >= 11 is 1.33. The van der Waals surface area contributed by atoms with Crippen LogP contribution < -0.4 is 33.4 Å². The minimum atomic E-state index is -0.523. The topological polar surface area (TPSA) is 222 Å². The molecule has 7 rings (SSSR count). The van der Waals surface area contributed by atoms with Crippen molar-refractivity contribution in [1.29, 1.82) is 0 Å². The molecule has 0 N–H and O–H groups in total. The van der Waals surface area contributed by atoms with Crippen molar-refractivity contribution in [2.75, 3.05) is 31.4 Å². The highest BCUT2D eigenvalue weighted by Gasteiger charge is 2.34. The number of ether oxygens (including phenoxy) is 8. The molecule has 1 amide bonds. The normalized spacial score (nSPS) is 16.5. The first-order valence-electron chi connectivity index (χ1n) is 30.7. The summed E-state index contributed by atoms with van der Waals surface area (Å²) < 4.78 is 46.1. The van der Waals surface area contributed by atoms with Crippen LogP contribution in [-0.4, -0.2) is 79.3 Å². The molecule has 1 heterocycles. The van der Waals surface area contributed by atoms with E-state index in [4.69, 9.17) is 48.0 Å². The quantitative estimate of drug-likeness (QED) is 0.00919. The molecule has 18 nitrogen and oxygen atoms in total.